The van der Waals surface area contributed by atoms with Gasteiger partial charge in [-0.2, -0.15) is 0 Å². The Morgan fingerprint density at radius 3 is 2.55 bits per heavy atom. The molecule has 3 aliphatic rings. The zero-order valence-electron chi connectivity index (χ0n) is 18.2. The van der Waals surface area contributed by atoms with Crippen LogP contribution in [-0.2, 0) is 9.53 Å². The first-order valence-electron chi connectivity index (χ1n) is 11.9. The zero-order chi connectivity index (χ0) is 20.7. The van der Waals surface area contributed by atoms with E-state index in [-0.39, 0.29) is 6.42 Å². The van der Waals surface area contributed by atoms with Crippen LogP contribution in [0.3, 0.4) is 0 Å². The molecule has 1 saturated carbocycles. The first kappa shape index (κ1) is 22.8. The maximum atomic E-state index is 10.9. The van der Waals surface area contributed by atoms with Gasteiger partial charge in [0.05, 0.1) is 17.8 Å². The molecule has 5 heteroatoms. The van der Waals surface area contributed by atoms with Crippen molar-refractivity contribution in [1.82, 2.24) is 5.32 Å². The van der Waals surface area contributed by atoms with Gasteiger partial charge in [-0.1, -0.05) is 31.4 Å². The third-order valence-electron chi connectivity index (χ3n) is 7.55. The third-order valence-corrected chi connectivity index (χ3v) is 7.55. The molecule has 2 aliphatic heterocycles. The summed E-state index contributed by atoms with van der Waals surface area (Å²) in [7, 11) is 0. The van der Waals surface area contributed by atoms with E-state index in [0.717, 1.165) is 38.6 Å². The van der Waals surface area contributed by atoms with Gasteiger partial charge in [-0.3, -0.25) is 4.79 Å². The zero-order valence-corrected chi connectivity index (χ0v) is 18.2. The number of aliphatic carboxylic acids is 1. The number of nitrogens with one attached hydrogen (secondary N) is 1. The molecule has 2 bridgehead atoms. The van der Waals surface area contributed by atoms with Gasteiger partial charge >= 0.3 is 5.97 Å². The number of allylic oxidation sites excluding steroid dienone is 2. The highest BCUT2D eigenvalue weighted by Gasteiger charge is 2.47. The van der Waals surface area contributed by atoms with E-state index in [1.54, 1.807) is 0 Å². The molecule has 2 saturated heterocycles. The van der Waals surface area contributed by atoms with Gasteiger partial charge in [-0.05, 0) is 82.6 Å². The van der Waals surface area contributed by atoms with Crippen LogP contribution in [0.5, 0.6) is 0 Å². The molecular formula is C24H41NO4. The Hall–Kier alpha value is -0.910. The van der Waals surface area contributed by atoms with Crippen molar-refractivity contribution in [1.29, 1.82) is 0 Å². The Kier molecular flexibility index (Phi) is 8.57. The predicted octanol–water partition coefficient (Wildman–Crippen LogP) is 4.29. The van der Waals surface area contributed by atoms with Crippen molar-refractivity contribution in [3.63, 3.8) is 0 Å². The highest BCUT2D eigenvalue weighted by Crippen LogP contribution is 2.46. The molecule has 0 aromatic rings. The average molecular weight is 408 g/mol. The molecule has 3 N–H and O–H groups in total. The van der Waals surface area contributed by atoms with Gasteiger partial charge in [-0.15, -0.1) is 0 Å². The van der Waals surface area contributed by atoms with Crippen LogP contribution in [-0.4, -0.2) is 47.1 Å². The lowest BCUT2D eigenvalue weighted by molar-refractivity contribution is -0.137. The van der Waals surface area contributed by atoms with Gasteiger partial charge in [0.2, 0.25) is 0 Å². The van der Waals surface area contributed by atoms with Crippen molar-refractivity contribution in [2.45, 2.75) is 102 Å². The van der Waals surface area contributed by atoms with Crippen LogP contribution in [0.15, 0.2) is 12.2 Å². The molecule has 1 aliphatic carbocycles. The SMILES string of the molecule is CC(O)(CNCC[C@H]1[C@@H](CC=CCCCC(=O)O)[C@H]2CC[C@@H]1O2)C1CCCCC1. The molecule has 0 aromatic carbocycles. The van der Waals surface area contributed by atoms with Gasteiger partial charge in [0, 0.05) is 13.0 Å². The predicted molar refractivity (Wildman–Crippen MR) is 115 cm³/mol. The van der Waals surface area contributed by atoms with Gasteiger partial charge in [0.1, 0.15) is 0 Å². The maximum absolute atomic E-state index is 10.9. The minimum Gasteiger partial charge on any atom is -0.481 e. The van der Waals surface area contributed by atoms with Crippen LogP contribution in [0.1, 0.15) is 84.0 Å². The normalized spacial score (nSPS) is 32.1. The van der Waals surface area contributed by atoms with E-state index < -0.39 is 11.6 Å². The van der Waals surface area contributed by atoms with Crippen LogP contribution < -0.4 is 5.32 Å². The maximum Gasteiger partial charge on any atom is 0.303 e. The van der Waals surface area contributed by atoms with E-state index >= 15 is 0 Å². The van der Waals surface area contributed by atoms with Crippen LogP contribution in [0.25, 0.3) is 0 Å². The molecule has 2 heterocycles. The Labute approximate surface area is 176 Å². The van der Waals surface area contributed by atoms with Crippen LogP contribution in [0, 0.1) is 17.8 Å². The van der Waals surface area contributed by atoms with Gasteiger partial charge in [0.25, 0.3) is 0 Å². The summed E-state index contributed by atoms with van der Waals surface area (Å²) in [6.07, 6.45) is 17.7. The molecule has 29 heavy (non-hydrogen) atoms. The first-order valence-corrected chi connectivity index (χ1v) is 11.9. The van der Waals surface area contributed by atoms with E-state index in [2.05, 4.69) is 17.5 Å². The molecule has 5 nitrogen and oxygen atoms in total. The number of ether oxygens (including phenoxy) is 1. The quantitative estimate of drug-likeness (QED) is 0.332. The summed E-state index contributed by atoms with van der Waals surface area (Å²) in [5.41, 5.74) is -0.594. The number of carboxylic acids is 1. The van der Waals surface area contributed by atoms with E-state index in [9.17, 15) is 9.90 Å². The molecule has 3 rings (SSSR count). The Bertz CT molecular complexity index is 541. The molecule has 0 spiro atoms. The summed E-state index contributed by atoms with van der Waals surface area (Å²) in [4.78, 5) is 10.6. The summed E-state index contributed by atoms with van der Waals surface area (Å²) in [5, 5.41) is 23.1. The summed E-state index contributed by atoms with van der Waals surface area (Å²) in [6, 6.07) is 0. The number of unbranched alkanes of at least 4 members (excludes halogenated alkanes) is 1. The summed E-state index contributed by atoms with van der Waals surface area (Å²) in [5.74, 6) is 0.915. The van der Waals surface area contributed by atoms with Crippen molar-refractivity contribution in [2.75, 3.05) is 13.1 Å². The lowest BCUT2D eigenvalue weighted by atomic mass is 9.75. The number of hydrogen-bond donors (Lipinski definition) is 3. The first-order chi connectivity index (χ1) is 14.0. The summed E-state index contributed by atoms with van der Waals surface area (Å²) >= 11 is 0. The van der Waals surface area contributed by atoms with E-state index in [4.69, 9.17) is 9.84 Å². The fourth-order valence-corrected chi connectivity index (χ4v) is 5.82. The smallest absolute Gasteiger partial charge is 0.303 e. The van der Waals surface area contributed by atoms with Crippen molar-refractivity contribution < 1.29 is 19.7 Å². The lowest BCUT2D eigenvalue weighted by Crippen LogP contribution is -2.45. The van der Waals surface area contributed by atoms with Crippen LogP contribution in [0.4, 0.5) is 0 Å². The number of fused-ring (bicyclic) bond motifs is 2. The number of carboxylic acid groups (broad SMARTS) is 1. The minimum atomic E-state index is -0.713. The van der Waals surface area contributed by atoms with E-state index in [1.165, 1.54) is 32.1 Å². The van der Waals surface area contributed by atoms with Crippen LogP contribution >= 0.6 is 0 Å². The highest BCUT2D eigenvalue weighted by atomic mass is 16.5. The Morgan fingerprint density at radius 1 is 1.10 bits per heavy atom. The standard InChI is InChI=1S/C24H41NO4/c1-24(28,18-9-5-4-6-10-18)17-25-16-15-20-19(21-13-14-22(20)29-21)11-7-2-3-8-12-23(26)27/h2,7,18-22,25,28H,3-6,8-17H2,1H3,(H,26,27)/t19-,20+,21-,22+,24?/m1/s1. The van der Waals surface area contributed by atoms with Gasteiger partial charge in [0.15, 0.2) is 0 Å². The second-order valence-electron chi connectivity index (χ2n) is 9.77. The molecule has 3 fully saturated rings. The van der Waals surface area contributed by atoms with E-state index in [1.807, 2.05) is 6.92 Å². The molecule has 0 radical (unpaired) electrons. The minimum absolute atomic E-state index is 0.251. The highest BCUT2D eigenvalue weighted by molar-refractivity contribution is 5.66. The lowest BCUT2D eigenvalue weighted by Gasteiger charge is -2.36. The Balaban J connectivity index is 1.38. The monoisotopic (exact) mass is 407 g/mol. The van der Waals surface area contributed by atoms with Gasteiger partial charge < -0.3 is 20.3 Å². The fourth-order valence-electron chi connectivity index (χ4n) is 5.82. The van der Waals surface area contributed by atoms with Crippen molar-refractivity contribution in [3.8, 4) is 0 Å². The van der Waals surface area contributed by atoms with Crippen molar-refractivity contribution in [3.05, 3.63) is 12.2 Å². The molecule has 0 aromatic heterocycles. The van der Waals surface area contributed by atoms with Gasteiger partial charge in [-0.25, -0.2) is 0 Å². The third kappa shape index (κ3) is 6.53. The van der Waals surface area contributed by atoms with Crippen molar-refractivity contribution in [2.24, 2.45) is 17.8 Å². The molecule has 166 valence electrons. The summed E-state index contributed by atoms with van der Waals surface area (Å²) in [6.45, 7) is 3.64. The second kappa shape index (κ2) is 10.9. The molecule has 1 unspecified atom stereocenters. The van der Waals surface area contributed by atoms with E-state index in [0.29, 0.717) is 42.9 Å². The number of carbonyl (C=O) groups is 1. The largest absolute Gasteiger partial charge is 0.481 e. The molecular weight excluding hydrogens is 366 g/mol. The fraction of sp³-hybridized carbons (Fsp3) is 0.875. The second-order valence-corrected chi connectivity index (χ2v) is 9.77. The van der Waals surface area contributed by atoms with Crippen molar-refractivity contribution >= 4 is 5.97 Å². The summed E-state index contributed by atoms with van der Waals surface area (Å²) < 4.78 is 6.21. The average Bonchev–Trinajstić information content (AvgIpc) is 3.30. The topological polar surface area (TPSA) is 78.8 Å². The number of rotatable bonds is 12. The molecule has 0 amide bonds. The Morgan fingerprint density at radius 2 is 1.83 bits per heavy atom. The molecule has 5 atom stereocenters. The van der Waals surface area contributed by atoms with Crippen LogP contribution in [0.2, 0.25) is 0 Å². The number of hydrogen-bond acceptors (Lipinski definition) is 4. The number of aliphatic hydroxyl groups is 1.